The van der Waals surface area contributed by atoms with Crippen LogP contribution in [0.2, 0.25) is 5.02 Å². The first-order valence-corrected chi connectivity index (χ1v) is 12.3. The van der Waals surface area contributed by atoms with Gasteiger partial charge in [0.1, 0.15) is 0 Å². The van der Waals surface area contributed by atoms with Crippen molar-refractivity contribution in [3.63, 3.8) is 0 Å². The molecule has 32 heavy (non-hydrogen) atoms. The van der Waals surface area contributed by atoms with Gasteiger partial charge in [-0.15, -0.1) is 0 Å². The second-order valence-electron chi connectivity index (χ2n) is 8.86. The number of alkyl carbamates (subject to hydrolysis) is 1. The van der Waals surface area contributed by atoms with Gasteiger partial charge < -0.3 is 19.8 Å². The number of carbonyl (C=O) groups excluding carboxylic acids is 1. The van der Waals surface area contributed by atoms with E-state index in [2.05, 4.69) is 15.4 Å². The molecule has 0 unspecified atom stereocenters. The third kappa shape index (κ3) is 5.12. The summed E-state index contributed by atoms with van der Waals surface area (Å²) in [7, 11) is 2.03. The molecular formula is C23H31ClN4O3S. The SMILES string of the molecule is CN(C(=S)N1C(OC(=O)NCc2ccc(Cl)cc2)=NOC12CCCCC2)C1CCCCC1. The highest BCUT2D eigenvalue weighted by atomic mass is 35.5. The van der Waals surface area contributed by atoms with E-state index in [4.69, 9.17) is 33.4 Å². The molecule has 0 saturated heterocycles. The first-order chi connectivity index (χ1) is 15.5. The number of halogens is 1. The Morgan fingerprint density at radius 3 is 2.56 bits per heavy atom. The lowest BCUT2D eigenvalue weighted by Crippen LogP contribution is -2.58. The lowest BCUT2D eigenvalue weighted by molar-refractivity contribution is -0.103. The van der Waals surface area contributed by atoms with Gasteiger partial charge >= 0.3 is 12.1 Å². The molecule has 1 aromatic carbocycles. The van der Waals surface area contributed by atoms with Gasteiger partial charge in [0.15, 0.2) is 5.11 Å². The van der Waals surface area contributed by atoms with Gasteiger partial charge in [0, 0.05) is 37.5 Å². The van der Waals surface area contributed by atoms with Gasteiger partial charge in [0.05, 0.1) is 0 Å². The fourth-order valence-corrected chi connectivity index (χ4v) is 5.32. The minimum Gasteiger partial charge on any atom is -0.373 e. The first-order valence-electron chi connectivity index (χ1n) is 11.5. The molecule has 0 atom stereocenters. The number of benzene rings is 1. The number of amides is 1. The average molecular weight is 479 g/mol. The van der Waals surface area contributed by atoms with Gasteiger partial charge in [-0.3, -0.25) is 0 Å². The zero-order valence-electron chi connectivity index (χ0n) is 18.5. The van der Waals surface area contributed by atoms with Crippen LogP contribution in [0, 0.1) is 0 Å². The van der Waals surface area contributed by atoms with E-state index in [0.717, 1.165) is 50.5 Å². The second-order valence-corrected chi connectivity index (χ2v) is 9.66. The van der Waals surface area contributed by atoms with E-state index in [1.807, 2.05) is 24.1 Å². The Balaban J connectivity index is 1.45. The smallest absolute Gasteiger partial charge is 0.373 e. The molecule has 1 spiro atoms. The predicted molar refractivity (Wildman–Crippen MR) is 128 cm³/mol. The van der Waals surface area contributed by atoms with Crippen molar-refractivity contribution in [2.45, 2.75) is 82.5 Å². The summed E-state index contributed by atoms with van der Waals surface area (Å²) >= 11 is 11.8. The summed E-state index contributed by atoms with van der Waals surface area (Å²) in [4.78, 5) is 22.5. The molecule has 7 nitrogen and oxygen atoms in total. The summed E-state index contributed by atoms with van der Waals surface area (Å²) in [6.07, 6.45) is 10.1. The van der Waals surface area contributed by atoms with Crippen LogP contribution in [0.25, 0.3) is 0 Å². The van der Waals surface area contributed by atoms with Crippen LogP contribution < -0.4 is 5.32 Å². The van der Waals surface area contributed by atoms with Crippen LogP contribution in [0.5, 0.6) is 0 Å². The Morgan fingerprint density at radius 1 is 1.22 bits per heavy atom. The molecule has 1 heterocycles. The summed E-state index contributed by atoms with van der Waals surface area (Å²) in [5, 5.41) is 8.20. The minimum absolute atomic E-state index is 0.119. The number of thiocarbonyl (C=S) groups is 1. The molecule has 174 valence electrons. The number of hydrogen-bond donors (Lipinski definition) is 1. The highest BCUT2D eigenvalue weighted by Gasteiger charge is 2.51. The molecule has 2 aliphatic carbocycles. The van der Waals surface area contributed by atoms with Gasteiger partial charge in [-0.25, -0.2) is 9.69 Å². The molecule has 0 radical (unpaired) electrons. The maximum atomic E-state index is 12.6. The lowest BCUT2D eigenvalue weighted by atomic mass is 9.90. The van der Waals surface area contributed by atoms with Gasteiger partial charge in [-0.1, -0.05) is 49.4 Å². The Labute approximate surface area is 200 Å². The Morgan fingerprint density at radius 2 is 1.88 bits per heavy atom. The number of hydrogen-bond acceptors (Lipinski definition) is 5. The van der Waals surface area contributed by atoms with Crippen molar-refractivity contribution in [2.75, 3.05) is 7.05 Å². The third-order valence-electron chi connectivity index (χ3n) is 6.68. The number of nitrogens with one attached hydrogen (secondary N) is 1. The highest BCUT2D eigenvalue weighted by Crippen LogP contribution is 2.40. The van der Waals surface area contributed by atoms with Crippen molar-refractivity contribution in [1.29, 1.82) is 0 Å². The molecule has 1 aromatic rings. The van der Waals surface area contributed by atoms with Crippen LogP contribution in [-0.4, -0.2) is 45.8 Å². The van der Waals surface area contributed by atoms with E-state index < -0.39 is 11.8 Å². The molecular weight excluding hydrogens is 448 g/mol. The number of amidine groups is 1. The number of oxime groups is 1. The summed E-state index contributed by atoms with van der Waals surface area (Å²) in [6.45, 7) is 0.321. The van der Waals surface area contributed by atoms with E-state index in [9.17, 15) is 4.79 Å². The molecule has 2 fully saturated rings. The van der Waals surface area contributed by atoms with Gasteiger partial charge in [0.25, 0.3) is 0 Å². The predicted octanol–water partition coefficient (Wildman–Crippen LogP) is 5.38. The van der Waals surface area contributed by atoms with E-state index in [1.165, 1.54) is 19.3 Å². The van der Waals surface area contributed by atoms with E-state index >= 15 is 0 Å². The minimum atomic E-state index is -0.663. The van der Waals surface area contributed by atoms with Crippen molar-refractivity contribution < 1.29 is 14.4 Å². The van der Waals surface area contributed by atoms with Crippen molar-refractivity contribution in [3.8, 4) is 0 Å². The van der Waals surface area contributed by atoms with Crippen molar-refractivity contribution >= 4 is 41.0 Å². The molecule has 1 aliphatic heterocycles. The Kier molecular flexibility index (Phi) is 7.40. The van der Waals surface area contributed by atoms with Crippen LogP contribution in [0.1, 0.15) is 69.8 Å². The number of nitrogens with zero attached hydrogens (tertiary/aromatic N) is 3. The largest absolute Gasteiger partial charge is 0.415 e. The van der Waals surface area contributed by atoms with Crippen LogP contribution >= 0.6 is 23.8 Å². The van der Waals surface area contributed by atoms with Crippen LogP contribution in [0.4, 0.5) is 4.79 Å². The van der Waals surface area contributed by atoms with Gasteiger partial charge in [-0.05, 0) is 60.8 Å². The number of carbonyl (C=O) groups is 1. The maximum Gasteiger partial charge on any atom is 0.415 e. The van der Waals surface area contributed by atoms with Crippen molar-refractivity contribution in [2.24, 2.45) is 5.16 Å². The van der Waals surface area contributed by atoms with Gasteiger partial charge in [0.2, 0.25) is 5.72 Å². The monoisotopic (exact) mass is 478 g/mol. The molecule has 3 aliphatic rings. The fourth-order valence-electron chi connectivity index (χ4n) is 4.80. The standard InChI is InChI=1S/C23H31ClN4O3S/c1-27(19-8-4-2-5-9-19)22(32)28-20(26-31-23(28)14-6-3-7-15-23)30-21(29)25-16-17-10-12-18(24)13-11-17/h10-13,19H,2-9,14-16H2,1H3,(H,25,29). The molecule has 0 aromatic heterocycles. The molecule has 4 rings (SSSR count). The first kappa shape index (κ1) is 23.1. The molecule has 9 heteroatoms. The lowest BCUT2D eigenvalue weighted by Gasteiger charge is -2.43. The quantitative estimate of drug-likeness (QED) is 0.588. The van der Waals surface area contributed by atoms with Gasteiger partial charge in [-0.2, -0.15) is 0 Å². The summed E-state index contributed by atoms with van der Waals surface area (Å²) in [5.74, 6) is 0. The summed E-state index contributed by atoms with van der Waals surface area (Å²) in [6, 6.07) is 7.79. The fraction of sp³-hybridized carbons (Fsp3) is 0.609. The maximum absolute atomic E-state index is 12.6. The van der Waals surface area contributed by atoms with E-state index in [1.54, 1.807) is 12.1 Å². The second kappa shape index (κ2) is 10.3. The topological polar surface area (TPSA) is 66.4 Å². The Hall–Kier alpha value is -2.06. The van der Waals surface area contributed by atoms with E-state index in [0.29, 0.717) is 22.7 Å². The molecule has 1 amide bonds. The van der Waals surface area contributed by atoms with Crippen LogP contribution in [0.3, 0.4) is 0 Å². The zero-order valence-corrected chi connectivity index (χ0v) is 20.1. The van der Waals surface area contributed by atoms with E-state index in [-0.39, 0.29) is 6.02 Å². The normalized spacial score (nSPS) is 20.4. The number of rotatable bonds is 3. The molecule has 1 N–H and O–H groups in total. The molecule has 0 bridgehead atoms. The molecule has 2 saturated carbocycles. The summed E-state index contributed by atoms with van der Waals surface area (Å²) in [5.41, 5.74) is 0.258. The van der Waals surface area contributed by atoms with Crippen molar-refractivity contribution in [1.82, 2.24) is 15.1 Å². The van der Waals surface area contributed by atoms with Crippen molar-refractivity contribution in [3.05, 3.63) is 34.9 Å². The Bertz CT molecular complexity index is 851. The highest BCUT2D eigenvalue weighted by molar-refractivity contribution is 7.80. The zero-order chi connectivity index (χ0) is 22.6. The number of ether oxygens (including phenoxy) is 1. The third-order valence-corrected chi connectivity index (χ3v) is 7.40. The van der Waals surface area contributed by atoms with Crippen LogP contribution in [-0.2, 0) is 16.1 Å². The van der Waals surface area contributed by atoms with Crippen LogP contribution in [0.15, 0.2) is 29.4 Å². The summed E-state index contributed by atoms with van der Waals surface area (Å²) < 4.78 is 5.62. The average Bonchev–Trinajstić information content (AvgIpc) is 3.15.